The van der Waals surface area contributed by atoms with Crippen molar-refractivity contribution in [3.63, 3.8) is 0 Å². The third-order valence-electron chi connectivity index (χ3n) is 3.14. The molecule has 1 heterocycles. The summed E-state index contributed by atoms with van der Waals surface area (Å²) in [6.45, 7) is 4.28. The van der Waals surface area contributed by atoms with E-state index < -0.39 is 0 Å². The Bertz CT molecular complexity index is 599. The van der Waals surface area contributed by atoms with Crippen molar-refractivity contribution >= 4 is 5.82 Å². The Morgan fingerprint density at radius 1 is 1.19 bits per heavy atom. The van der Waals surface area contributed by atoms with Gasteiger partial charge in [0.1, 0.15) is 24.0 Å². The zero-order chi connectivity index (χ0) is 15.2. The van der Waals surface area contributed by atoms with Crippen molar-refractivity contribution in [3.8, 4) is 11.6 Å². The SMILES string of the molecule is CCc1nc(NN)c(C)c(OCc2ccc(OC)cc2)n1. The highest BCUT2D eigenvalue weighted by atomic mass is 16.5. The topological polar surface area (TPSA) is 82.3 Å². The summed E-state index contributed by atoms with van der Waals surface area (Å²) in [6.07, 6.45) is 0.716. The van der Waals surface area contributed by atoms with Crippen LogP contribution < -0.4 is 20.7 Å². The first-order valence-corrected chi connectivity index (χ1v) is 6.77. The molecular formula is C15H20N4O2. The fourth-order valence-electron chi connectivity index (χ4n) is 1.85. The Hall–Kier alpha value is -2.34. The molecular weight excluding hydrogens is 268 g/mol. The molecule has 0 saturated carbocycles. The summed E-state index contributed by atoms with van der Waals surface area (Å²) in [5.74, 6) is 8.12. The molecule has 112 valence electrons. The molecule has 2 aromatic rings. The molecule has 6 nitrogen and oxygen atoms in total. The van der Waals surface area contributed by atoms with Crippen LogP contribution in [0.25, 0.3) is 0 Å². The molecule has 1 aromatic carbocycles. The van der Waals surface area contributed by atoms with Gasteiger partial charge in [-0.3, -0.25) is 0 Å². The average Bonchev–Trinajstić information content (AvgIpc) is 2.54. The summed E-state index contributed by atoms with van der Waals surface area (Å²) in [7, 11) is 1.64. The molecule has 0 atom stereocenters. The molecule has 0 fully saturated rings. The van der Waals surface area contributed by atoms with Gasteiger partial charge in [-0.1, -0.05) is 19.1 Å². The van der Waals surface area contributed by atoms with E-state index in [1.807, 2.05) is 38.1 Å². The Morgan fingerprint density at radius 2 is 1.90 bits per heavy atom. The number of anilines is 1. The van der Waals surface area contributed by atoms with E-state index in [1.165, 1.54) is 0 Å². The summed E-state index contributed by atoms with van der Waals surface area (Å²) in [5, 5.41) is 0. The molecule has 2 rings (SSSR count). The first kappa shape index (κ1) is 15.1. The van der Waals surface area contributed by atoms with E-state index >= 15 is 0 Å². The van der Waals surface area contributed by atoms with E-state index in [2.05, 4.69) is 15.4 Å². The van der Waals surface area contributed by atoms with Crippen LogP contribution in [0, 0.1) is 6.92 Å². The summed E-state index contributed by atoms with van der Waals surface area (Å²) in [4.78, 5) is 8.70. The van der Waals surface area contributed by atoms with Gasteiger partial charge in [-0.05, 0) is 24.6 Å². The lowest BCUT2D eigenvalue weighted by Crippen LogP contribution is -2.13. The van der Waals surface area contributed by atoms with Crippen LogP contribution >= 0.6 is 0 Å². The molecule has 0 aliphatic carbocycles. The molecule has 0 radical (unpaired) electrons. The Balaban J connectivity index is 2.14. The maximum Gasteiger partial charge on any atom is 0.222 e. The Kier molecular flexibility index (Phi) is 4.94. The van der Waals surface area contributed by atoms with Crippen LogP contribution in [-0.4, -0.2) is 17.1 Å². The smallest absolute Gasteiger partial charge is 0.222 e. The minimum atomic E-state index is 0.426. The summed E-state index contributed by atoms with van der Waals surface area (Å²) in [5.41, 5.74) is 4.41. The van der Waals surface area contributed by atoms with E-state index in [4.69, 9.17) is 15.3 Å². The second-order valence-electron chi connectivity index (χ2n) is 4.55. The number of rotatable bonds is 6. The van der Waals surface area contributed by atoms with Gasteiger partial charge in [0.25, 0.3) is 0 Å². The number of ether oxygens (including phenoxy) is 2. The third-order valence-corrected chi connectivity index (χ3v) is 3.14. The molecule has 0 unspecified atom stereocenters. The lowest BCUT2D eigenvalue weighted by molar-refractivity contribution is 0.290. The summed E-state index contributed by atoms with van der Waals surface area (Å²) >= 11 is 0. The van der Waals surface area contributed by atoms with Crippen molar-refractivity contribution in [2.75, 3.05) is 12.5 Å². The van der Waals surface area contributed by atoms with Gasteiger partial charge >= 0.3 is 0 Å². The van der Waals surface area contributed by atoms with Gasteiger partial charge in [0, 0.05) is 6.42 Å². The van der Waals surface area contributed by atoms with Crippen LogP contribution in [0.4, 0.5) is 5.82 Å². The van der Waals surface area contributed by atoms with Crippen LogP contribution in [0.15, 0.2) is 24.3 Å². The average molecular weight is 288 g/mol. The van der Waals surface area contributed by atoms with Crippen LogP contribution in [0.1, 0.15) is 23.9 Å². The van der Waals surface area contributed by atoms with Crippen molar-refractivity contribution in [1.29, 1.82) is 0 Å². The zero-order valence-electron chi connectivity index (χ0n) is 12.5. The molecule has 0 aliphatic heterocycles. The first-order chi connectivity index (χ1) is 10.2. The van der Waals surface area contributed by atoms with Gasteiger partial charge in [-0.25, -0.2) is 10.8 Å². The molecule has 0 spiro atoms. The van der Waals surface area contributed by atoms with Crippen LogP contribution in [-0.2, 0) is 13.0 Å². The highest BCUT2D eigenvalue weighted by Crippen LogP contribution is 2.22. The minimum Gasteiger partial charge on any atom is -0.497 e. The molecule has 0 amide bonds. The number of aryl methyl sites for hydroxylation is 1. The number of hydrogen-bond acceptors (Lipinski definition) is 6. The number of nitrogen functional groups attached to an aromatic ring is 1. The monoisotopic (exact) mass is 288 g/mol. The standard InChI is InChI=1S/C15H20N4O2/c1-4-13-17-14(19-16)10(2)15(18-13)21-9-11-5-7-12(20-3)8-6-11/h5-8H,4,9,16H2,1-3H3,(H,17,18,19). The second kappa shape index (κ2) is 6.90. The number of nitrogens with one attached hydrogen (secondary N) is 1. The molecule has 1 aromatic heterocycles. The molecule has 0 aliphatic rings. The quantitative estimate of drug-likeness (QED) is 0.626. The number of hydrazine groups is 1. The van der Waals surface area contributed by atoms with Crippen molar-refractivity contribution < 1.29 is 9.47 Å². The highest BCUT2D eigenvalue weighted by Gasteiger charge is 2.10. The van der Waals surface area contributed by atoms with E-state index in [0.717, 1.165) is 16.9 Å². The number of nitrogens with two attached hydrogens (primary N) is 1. The Labute approximate surface area is 124 Å². The van der Waals surface area contributed by atoms with Crippen molar-refractivity contribution in [2.45, 2.75) is 26.9 Å². The van der Waals surface area contributed by atoms with E-state index in [9.17, 15) is 0 Å². The lowest BCUT2D eigenvalue weighted by Gasteiger charge is -2.12. The number of hydrogen-bond donors (Lipinski definition) is 2. The van der Waals surface area contributed by atoms with Crippen molar-refractivity contribution in [2.24, 2.45) is 5.84 Å². The minimum absolute atomic E-state index is 0.426. The van der Waals surface area contributed by atoms with E-state index in [-0.39, 0.29) is 0 Å². The summed E-state index contributed by atoms with van der Waals surface area (Å²) in [6, 6.07) is 7.71. The second-order valence-corrected chi connectivity index (χ2v) is 4.55. The van der Waals surface area contributed by atoms with Gasteiger partial charge < -0.3 is 14.9 Å². The third kappa shape index (κ3) is 3.61. The number of benzene rings is 1. The zero-order valence-corrected chi connectivity index (χ0v) is 12.5. The molecule has 0 saturated heterocycles. The van der Waals surface area contributed by atoms with Crippen LogP contribution in [0.5, 0.6) is 11.6 Å². The van der Waals surface area contributed by atoms with E-state index in [1.54, 1.807) is 7.11 Å². The van der Waals surface area contributed by atoms with Crippen LogP contribution in [0.2, 0.25) is 0 Å². The van der Waals surface area contributed by atoms with Crippen molar-refractivity contribution in [3.05, 3.63) is 41.2 Å². The maximum atomic E-state index is 5.79. The van der Waals surface area contributed by atoms with E-state index in [0.29, 0.717) is 30.5 Å². The molecule has 6 heteroatoms. The number of aromatic nitrogens is 2. The van der Waals surface area contributed by atoms with Gasteiger partial charge in [-0.2, -0.15) is 4.98 Å². The first-order valence-electron chi connectivity index (χ1n) is 6.77. The predicted octanol–water partition coefficient (Wildman–Crippen LogP) is 2.22. The fraction of sp³-hybridized carbons (Fsp3) is 0.333. The van der Waals surface area contributed by atoms with Gasteiger partial charge in [0.05, 0.1) is 12.7 Å². The predicted molar refractivity (Wildman–Crippen MR) is 81.3 cm³/mol. The Morgan fingerprint density at radius 3 is 2.48 bits per heavy atom. The largest absolute Gasteiger partial charge is 0.497 e. The normalized spacial score (nSPS) is 10.3. The lowest BCUT2D eigenvalue weighted by atomic mass is 10.2. The maximum absolute atomic E-state index is 5.79. The molecule has 3 N–H and O–H groups in total. The van der Waals surface area contributed by atoms with Crippen LogP contribution in [0.3, 0.4) is 0 Å². The fourth-order valence-corrected chi connectivity index (χ4v) is 1.85. The highest BCUT2D eigenvalue weighted by molar-refractivity contribution is 5.47. The van der Waals surface area contributed by atoms with Gasteiger partial charge in [-0.15, -0.1) is 0 Å². The van der Waals surface area contributed by atoms with Gasteiger partial charge in [0.15, 0.2) is 0 Å². The number of nitrogens with zero attached hydrogens (tertiary/aromatic N) is 2. The van der Waals surface area contributed by atoms with Gasteiger partial charge in [0.2, 0.25) is 5.88 Å². The molecule has 21 heavy (non-hydrogen) atoms. The van der Waals surface area contributed by atoms with Crippen molar-refractivity contribution in [1.82, 2.24) is 9.97 Å². The molecule has 0 bridgehead atoms. The summed E-state index contributed by atoms with van der Waals surface area (Å²) < 4.78 is 10.9. The number of methoxy groups -OCH3 is 1.